The Balaban J connectivity index is 2.41. The van der Waals surface area contributed by atoms with Crippen LogP contribution in [0, 0.1) is 11.8 Å². The van der Waals surface area contributed by atoms with Gasteiger partial charge >= 0.3 is 0 Å². The number of ketones is 1. The molecule has 2 aromatic rings. The Morgan fingerprint density at radius 3 is 2.00 bits per heavy atom. The number of carbonyl (C=O) groups excluding carboxylic acids is 1. The molecular formula is C18H16O4. The third-order valence-corrected chi connectivity index (χ3v) is 3.05. The van der Waals surface area contributed by atoms with E-state index in [1.165, 1.54) is 14.2 Å². The van der Waals surface area contributed by atoms with Gasteiger partial charge in [-0.15, -0.1) is 0 Å². The highest BCUT2D eigenvalue weighted by molar-refractivity contribution is 6.09. The Morgan fingerprint density at radius 2 is 1.50 bits per heavy atom. The monoisotopic (exact) mass is 296 g/mol. The van der Waals surface area contributed by atoms with Gasteiger partial charge in [-0.3, -0.25) is 4.79 Å². The van der Waals surface area contributed by atoms with Gasteiger partial charge in [-0.1, -0.05) is 36.3 Å². The molecule has 0 saturated carbocycles. The van der Waals surface area contributed by atoms with E-state index in [1.54, 1.807) is 43.5 Å². The summed E-state index contributed by atoms with van der Waals surface area (Å²) in [6.45, 7) is 0. The van der Waals surface area contributed by atoms with Gasteiger partial charge in [0.15, 0.2) is 0 Å². The topological polar surface area (TPSA) is 44.8 Å². The molecule has 0 unspecified atom stereocenters. The van der Waals surface area contributed by atoms with Crippen molar-refractivity contribution >= 4 is 5.78 Å². The number of ether oxygens (including phenoxy) is 3. The lowest BCUT2D eigenvalue weighted by Crippen LogP contribution is -1.97. The number of carbonyl (C=O) groups is 1. The zero-order valence-electron chi connectivity index (χ0n) is 12.7. The van der Waals surface area contributed by atoms with Crippen LogP contribution in [0.5, 0.6) is 17.2 Å². The van der Waals surface area contributed by atoms with Crippen molar-refractivity contribution in [2.45, 2.75) is 0 Å². The van der Waals surface area contributed by atoms with Gasteiger partial charge in [-0.2, -0.15) is 0 Å². The minimum atomic E-state index is -0.263. The second-order valence-electron chi connectivity index (χ2n) is 4.35. The predicted octanol–water partition coefficient (Wildman–Crippen LogP) is 2.95. The van der Waals surface area contributed by atoms with Gasteiger partial charge in [0.1, 0.15) is 22.8 Å². The van der Waals surface area contributed by atoms with Crippen LogP contribution < -0.4 is 14.2 Å². The number of rotatable bonds is 4. The summed E-state index contributed by atoms with van der Waals surface area (Å²) in [7, 11) is 4.61. The van der Waals surface area contributed by atoms with Crippen molar-refractivity contribution < 1.29 is 19.0 Å². The third-order valence-electron chi connectivity index (χ3n) is 3.05. The lowest BCUT2D eigenvalue weighted by Gasteiger charge is -2.11. The largest absolute Gasteiger partial charge is 0.496 e. The number of benzene rings is 2. The average molecular weight is 296 g/mol. The average Bonchev–Trinajstić information content (AvgIpc) is 2.59. The highest BCUT2D eigenvalue weighted by Crippen LogP contribution is 2.33. The van der Waals surface area contributed by atoms with Crippen LogP contribution >= 0.6 is 0 Å². The molecule has 0 amide bonds. The van der Waals surface area contributed by atoms with Gasteiger partial charge in [0, 0.05) is 17.7 Å². The molecule has 0 aromatic heterocycles. The van der Waals surface area contributed by atoms with Gasteiger partial charge in [0.25, 0.3) is 0 Å². The Labute approximate surface area is 129 Å². The van der Waals surface area contributed by atoms with Gasteiger partial charge < -0.3 is 14.2 Å². The maximum Gasteiger partial charge on any atom is 0.236 e. The number of hydrogen-bond acceptors (Lipinski definition) is 4. The van der Waals surface area contributed by atoms with E-state index in [0.717, 1.165) is 0 Å². The van der Waals surface area contributed by atoms with E-state index in [0.29, 0.717) is 28.4 Å². The molecule has 0 radical (unpaired) electrons. The van der Waals surface area contributed by atoms with E-state index in [4.69, 9.17) is 14.2 Å². The molecule has 4 nitrogen and oxygen atoms in total. The normalized spacial score (nSPS) is 9.41. The molecule has 0 aliphatic carbocycles. The van der Waals surface area contributed by atoms with Crippen LogP contribution in [0.3, 0.4) is 0 Å². The highest BCUT2D eigenvalue weighted by atomic mass is 16.5. The molecule has 112 valence electrons. The zero-order valence-corrected chi connectivity index (χ0v) is 12.7. The van der Waals surface area contributed by atoms with Crippen molar-refractivity contribution in [1.82, 2.24) is 0 Å². The molecule has 0 fully saturated rings. The van der Waals surface area contributed by atoms with E-state index in [2.05, 4.69) is 11.8 Å². The Bertz CT molecular complexity index is 699. The first-order chi connectivity index (χ1) is 10.7. The van der Waals surface area contributed by atoms with Crippen LogP contribution in [-0.2, 0) is 0 Å². The first-order valence-corrected chi connectivity index (χ1v) is 6.61. The van der Waals surface area contributed by atoms with E-state index < -0.39 is 0 Å². The maximum atomic E-state index is 12.1. The summed E-state index contributed by atoms with van der Waals surface area (Å²) in [4.78, 5) is 12.1. The SMILES string of the molecule is COc1cc(OC)c(C#CC(=O)c2ccccc2)c(OC)c1. The fourth-order valence-electron chi connectivity index (χ4n) is 1.91. The van der Waals surface area contributed by atoms with E-state index in [-0.39, 0.29) is 5.78 Å². The fraction of sp³-hybridized carbons (Fsp3) is 0.167. The van der Waals surface area contributed by atoms with Crippen LogP contribution in [0.4, 0.5) is 0 Å². The Morgan fingerprint density at radius 1 is 0.909 bits per heavy atom. The van der Waals surface area contributed by atoms with Crippen LogP contribution in [0.25, 0.3) is 0 Å². The molecule has 0 heterocycles. The lowest BCUT2D eigenvalue weighted by molar-refractivity contribution is 0.105. The summed E-state index contributed by atoms with van der Waals surface area (Å²) in [6, 6.07) is 12.3. The summed E-state index contributed by atoms with van der Waals surface area (Å²) < 4.78 is 15.8. The molecule has 0 saturated heterocycles. The van der Waals surface area contributed by atoms with Crippen molar-refractivity contribution in [3.05, 3.63) is 53.6 Å². The van der Waals surface area contributed by atoms with Crippen molar-refractivity contribution in [3.63, 3.8) is 0 Å². The second-order valence-corrected chi connectivity index (χ2v) is 4.35. The van der Waals surface area contributed by atoms with E-state index >= 15 is 0 Å². The maximum absolute atomic E-state index is 12.1. The van der Waals surface area contributed by atoms with Gasteiger partial charge in [-0.05, 0) is 5.92 Å². The number of methoxy groups -OCH3 is 3. The number of hydrogen-bond donors (Lipinski definition) is 0. The number of Topliss-reactive ketones (excluding diaryl/α,β-unsaturated/α-hetero) is 1. The Kier molecular flexibility index (Phi) is 5.05. The van der Waals surface area contributed by atoms with Crippen molar-refractivity contribution in [2.24, 2.45) is 0 Å². The van der Waals surface area contributed by atoms with Crippen molar-refractivity contribution in [1.29, 1.82) is 0 Å². The first kappa shape index (κ1) is 15.5. The second kappa shape index (κ2) is 7.19. The fourth-order valence-corrected chi connectivity index (χ4v) is 1.91. The molecule has 0 spiro atoms. The highest BCUT2D eigenvalue weighted by Gasteiger charge is 2.11. The van der Waals surface area contributed by atoms with Gasteiger partial charge in [0.2, 0.25) is 5.78 Å². The van der Waals surface area contributed by atoms with Crippen molar-refractivity contribution in [2.75, 3.05) is 21.3 Å². The molecule has 0 aliphatic heterocycles. The first-order valence-electron chi connectivity index (χ1n) is 6.61. The van der Waals surface area contributed by atoms with Crippen LogP contribution in [0.2, 0.25) is 0 Å². The van der Waals surface area contributed by atoms with Crippen LogP contribution in [-0.4, -0.2) is 27.1 Å². The quantitative estimate of drug-likeness (QED) is 0.643. The molecular weight excluding hydrogens is 280 g/mol. The predicted molar refractivity (Wildman–Crippen MR) is 83.7 cm³/mol. The summed E-state index contributed by atoms with van der Waals surface area (Å²) in [6.07, 6.45) is 0. The standard InChI is InChI=1S/C18H16O4/c1-20-14-11-17(21-2)15(18(12-14)22-3)9-10-16(19)13-7-5-4-6-8-13/h4-8,11-12H,1-3H3. The molecule has 0 N–H and O–H groups in total. The molecule has 4 heteroatoms. The molecule has 2 aromatic carbocycles. The van der Waals surface area contributed by atoms with E-state index in [1.807, 2.05) is 6.07 Å². The molecule has 0 atom stereocenters. The van der Waals surface area contributed by atoms with Crippen molar-refractivity contribution in [3.8, 4) is 29.1 Å². The molecule has 0 bridgehead atoms. The van der Waals surface area contributed by atoms with E-state index in [9.17, 15) is 4.79 Å². The molecule has 0 aliphatic rings. The smallest absolute Gasteiger partial charge is 0.236 e. The molecule has 22 heavy (non-hydrogen) atoms. The van der Waals surface area contributed by atoms with Gasteiger partial charge in [-0.25, -0.2) is 0 Å². The van der Waals surface area contributed by atoms with Crippen LogP contribution in [0.1, 0.15) is 15.9 Å². The minimum absolute atomic E-state index is 0.263. The minimum Gasteiger partial charge on any atom is -0.496 e. The summed E-state index contributed by atoms with van der Waals surface area (Å²) in [5, 5.41) is 0. The zero-order chi connectivity index (χ0) is 15.9. The summed E-state index contributed by atoms with van der Waals surface area (Å²) >= 11 is 0. The summed E-state index contributed by atoms with van der Waals surface area (Å²) in [5.41, 5.74) is 1.05. The lowest BCUT2D eigenvalue weighted by atomic mass is 10.1. The summed E-state index contributed by atoms with van der Waals surface area (Å²) in [5.74, 6) is 6.75. The molecule has 2 rings (SSSR count). The van der Waals surface area contributed by atoms with Gasteiger partial charge in [0.05, 0.1) is 21.3 Å². The Hall–Kier alpha value is -2.93. The third kappa shape index (κ3) is 3.39. The van der Waals surface area contributed by atoms with Crippen LogP contribution in [0.15, 0.2) is 42.5 Å².